The maximum Gasteiger partial charge on any atom is 0.217 e. The summed E-state index contributed by atoms with van der Waals surface area (Å²) < 4.78 is 10.5. The molecule has 0 aromatic carbocycles. The molecule has 5 atom stereocenters. The zero-order valence-corrected chi connectivity index (χ0v) is 10.9. The van der Waals surface area contributed by atoms with E-state index >= 15 is 0 Å². The Morgan fingerprint density at radius 2 is 2.20 bits per heavy atom. The second-order valence-corrected chi connectivity index (χ2v) is 4.26. The number of aliphatic hydroxyl groups excluding tert-OH is 3. The summed E-state index contributed by atoms with van der Waals surface area (Å²) in [5.74, 6) is -0.434. The topological polar surface area (TPSA) is 157 Å². The number of rotatable bonds is 6. The number of hydrogen-bond donors (Lipinski definition) is 4. The summed E-state index contributed by atoms with van der Waals surface area (Å²) in [5.41, 5.74) is 8.14. The highest BCUT2D eigenvalue weighted by Crippen LogP contribution is 2.22. The molecular formula is C10H18N4O6. The van der Waals surface area contributed by atoms with E-state index in [2.05, 4.69) is 15.3 Å². The Bertz CT molecular complexity index is 375. The van der Waals surface area contributed by atoms with Crippen molar-refractivity contribution in [2.24, 2.45) is 5.11 Å². The molecule has 0 bridgehead atoms. The molecule has 114 valence electrons. The minimum Gasteiger partial charge on any atom is -0.394 e. The molecule has 0 unspecified atom stereocenters. The molecule has 0 aliphatic carbocycles. The molecule has 1 rings (SSSR count). The molecule has 0 aromatic heterocycles. The number of hydrogen-bond acceptors (Lipinski definition) is 7. The average molecular weight is 290 g/mol. The summed E-state index contributed by atoms with van der Waals surface area (Å²) in [5, 5.41) is 34.4. The lowest BCUT2D eigenvalue weighted by Gasteiger charge is -2.42. The van der Waals surface area contributed by atoms with Gasteiger partial charge in [-0.25, -0.2) is 0 Å². The van der Waals surface area contributed by atoms with Gasteiger partial charge in [-0.05, 0) is 5.53 Å². The number of nitrogens with zero attached hydrogens (tertiary/aromatic N) is 3. The van der Waals surface area contributed by atoms with Gasteiger partial charge >= 0.3 is 0 Å². The van der Waals surface area contributed by atoms with Crippen LogP contribution in [-0.2, 0) is 14.3 Å². The zero-order valence-electron chi connectivity index (χ0n) is 10.9. The summed E-state index contributed by atoms with van der Waals surface area (Å²) in [6.07, 6.45) is -4.80. The number of amides is 1. The summed E-state index contributed by atoms with van der Waals surface area (Å²) >= 11 is 0. The Morgan fingerprint density at radius 1 is 1.50 bits per heavy atom. The molecule has 20 heavy (non-hydrogen) atoms. The number of azide groups is 1. The Kier molecular flexibility index (Phi) is 6.65. The smallest absolute Gasteiger partial charge is 0.217 e. The monoisotopic (exact) mass is 290 g/mol. The van der Waals surface area contributed by atoms with Crippen molar-refractivity contribution in [3.63, 3.8) is 0 Å². The number of aliphatic hydroxyl groups is 3. The van der Waals surface area contributed by atoms with Crippen LogP contribution in [0.4, 0.5) is 0 Å². The largest absolute Gasteiger partial charge is 0.394 e. The maximum atomic E-state index is 11.1. The maximum absolute atomic E-state index is 11.1. The van der Waals surface area contributed by atoms with E-state index < -0.39 is 43.2 Å². The fourth-order valence-corrected chi connectivity index (χ4v) is 1.87. The molecule has 0 radical (unpaired) electrons. The van der Waals surface area contributed by atoms with Crippen molar-refractivity contribution < 1.29 is 29.6 Å². The molecule has 10 nitrogen and oxygen atoms in total. The van der Waals surface area contributed by atoms with Crippen molar-refractivity contribution in [1.29, 1.82) is 0 Å². The van der Waals surface area contributed by atoms with Crippen LogP contribution < -0.4 is 5.32 Å². The predicted octanol–water partition coefficient (Wildman–Crippen LogP) is -1.74. The van der Waals surface area contributed by atoms with E-state index in [1.54, 1.807) is 0 Å². The number of ether oxygens (including phenoxy) is 2. The number of carbonyl (C=O) groups is 1. The first kappa shape index (κ1) is 16.6. The lowest BCUT2D eigenvalue weighted by molar-refractivity contribution is -0.269. The molecule has 1 saturated heterocycles. The third kappa shape index (κ3) is 4.30. The van der Waals surface area contributed by atoms with Crippen LogP contribution in [0.15, 0.2) is 5.11 Å². The molecule has 0 spiro atoms. The van der Waals surface area contributed by atoms with Crippen molar-refractivity contribution in [2.75, 3.05) is 19.8 Å². The van der Waals surface area contributed by atoms with E-state index in [-0.39, 0.29) is 13.2 Å². The molecule has 1 aliphatic heterocycles. The van der Waals surface area contributed by atoms with Crippen LogP contribution in [0.3, 0.4) is 0 Å². The molecule has 10 heteroatoms. The van der Waals surface area contributed by atoms with Gasteiger partial charge in [-0.15, -0.1) is 0 Å². The fourth-order valence-electron chi connectivity index (χ4n) is 1.87. The highest BCUT2D eigenvalue weighted by atomic mass is 16.7. The van der Waals surface area contributed by atoms with Crippen LogP contribution in [-0.4, -0.2) is 71.6 Å². The summed E-state index contributed by atoms with van der Waals surface area (Å²) in [6, 6.07) is -0.989. The van der Waals surface area contributed by atoms with E-state index in [0.717, 1.165) is 0 Å². The van der Waals surface area contributed by atoms with Gasteiger partial charge in [0.25, 0.3) is 0 Å². The van der Waals surface area contributed by atoms with Crippen LogP contribution in [0.2, 0.25) is 0 Å². The van der Waals surface area contributed by atoms with Crippen molar-refractivity contribution in [2.45, 2.75) is 37.6 Å². The third-order valence-electron chi connectivity index (χ3n) is 2.79. The van der Waals surface area contributed by atoms with E-state index in [4.69, 9.17) is 20.1 Å². The normalized spacial score (nSPS) is 33.3. The molecule has 1 heterocycles. The van der Waals surface area contributed by atoms with Crippen LogP contribution in [0.5, 0.6) is 0 Å². The van der Waals surface area contributed by atoms with E-state index in [1.165, 1.54) is 6.92 Å². The van der Waals surface area contributed by atoms with Crippen molar-refractivity contribution >= 4 is 5.91 Å². The van der Waals surface area contributed by atoms with Crippen molar-refractivity contribution in [3.05, 3.63) is 10.4 Å². The van der Waals surface area contributed by atoms with Crippen LogP contribution in [0, 0.1) is 0 Å². The van der Waals surface area contributed by atoms with Crippen molar-refractivity contribution in [3.8, 4) is 0 Å². The number of carbonyl (C=O) groups excluding carboxylic acids is 1. The van der Waals surface area contributed by atoms with E-state index in [0.29, 0.717) is 0 Å². The van der Waals surface area contributed by atoms with Gasteiger partial charge in [-0.2, -0.15) is 0 Å². The minimum absolute atomic E-state index is 0.00573. The van der Waals surface area contributed by atoms with Gasteiger partial charge in [-0.3, -0.25) is 4.79 Å². The molecule has 0 saturated carbocycles. The van der Waals surface area contributed by atoms with Crippen molar-refractivity contribution in [1.82, 2.24) is 5.32 Å². The molecule has 1 aliphatic rings. The Labute approximate surface area is 114 Å². The fraction of sp³-hybridized carbons (Fsp3) is 0.900. The Morgan fingerprint density at radius 3 is 2.75 bits per heavy atom. The first-order valence-electron chi connectivity index (χ1n) is 6.03. The van der Waals surface area contributed by atoms with E-state index in [9.17, 15) is 15.0 Å². The first-order valence-corrected chi connectivity index (χ1v) is 6.03. The highest BCUT2D eigenvalue weighted by molar-refractivity contribution is 5.73. The number of nitrogens with one attached hydrogen (secondary N) is 1. The Balaban J connectivity index is 2.72. The van der Waals surface area contributed by atoms with Gasteiger partial charge in [0.05, 0.1) is 13.2 Å². The molecular weight excluding hydrogens is 272 g/mol. The first-order chi connectivity index (χ1) is 9.51. The Hall–Kier alpha value is -1.42. The van der Waals surface area contributed by atoms with Crippen LogP contribution in [0.25, 0.3) is 10.4 Å². The quantitative estimate of drug-likeness (QED) is 0.197. The molecule has 1 fully saturated rings. The SMILES string of the molecule is CC(=O)N[C@H]1[C@@H](OCCN=[N+]=[N-])O[C@H](CO)[C@@H](O)[C@@H]1O. The second-order valence-electron chi connectivity index (χ2n) is 4.26. The molecule has 1 amide bonds. The molecule has 0 aromatic rings. The average Bonchev–Trinajstić information content (AvgIpc) is 2.41. The predicted molar refractivity (Wildman–Crippen MR) is 65.3 cm³/mol. The third-order valence-corrected chi connectivity index (χ3v) is 2.79. The van der Waals surface area contributed by atoms with Gasteiger partial charge in [0.1, 0.15) is 24.4 Å². The lowest BCUT2D eigenvalue weighted by Crippen LogP contribution is -2.64. The summed E-state index contributed by atoms with van der Waals surface area (Å²) in [6.45, 7) is 0.785. The van der Waals surface area contributed by atoms with Gasteiger partial charge < -0.3 is 30.1 Å². The van der Waals surface area contributed by atoms with Crippen LogP contribution in [0.1, 0.15) is 6.92 Å². The summed E-state index contributed by atoms with van der Waals surface area (Å²) in [7, 11) is 0. The standard InChI is InChI=1S/C10H18N4O6/c1-5(16)13-7-9(18)8(17)6(4-15)20-10(7)19-3-2-12-14-11/h6-10,15,17-18H,2-4H2,1H3,(H,13,16)/t6-,7-,8-,9-,10+/m1/s1. The van der Waals surface area contributed by atoms with E-state index in [1.807, 2.05) is 0 Å². The van der Waals surface area contributed by atoms with Gasteiger partial charge in [0, 0.05) is 18.4 Å². The van der Waals surface area contributed by atoms with Crippen LogP contribution >= 0.6 is 0 Å². The second kappa shape index (κ2) is 8.00. The van der Waals surface area contributed by atoms with Gasteiger partial charge in [0.15, 0.2) is 6.29 Å². The molecule has 4 N–H and O–H groups in total. The zero-order chi connectivity index (χ0) is 15.1. The van der Waals surface area contributed by atoms with Gasteiger partial charge in [0.2, 0.25) is 5.91 Å². The summed E-state index contributed by atoms with van der Waals surface area (Å²) in [4.78, 5) is 13.7. The minimum atomic E-state index is -1.35. The lowest BCUT2D eigenvalue weighted by atomic mass is 9.97. The van der Waals surface area contributed by atoms with Gasteiger partial charge in [-0.1, -0.05) is 5.11 Å². The highest BCUT2D eigenvalue weighted by Gasteiger charge is 2.45.